The van der Waals surface area contributed by atoms with E-state index in [1.165, 1.54) is 19.2 Å². The van der Waals surface area contributed by atoms with Crippen LogP contribution in [0.2, 0.25) is 0 Å². The van der Waals surface area contributed by atoms with Gasteiger partial charge >= 0.3 is 0 Å². The summed E-state index contributed by atoms with van der Waals surface area (Å²) in [5.41, 5.74) is 1.38. The largest absolute Gasteiger partial charge is 0.494 e. The number of carbonyl (C=O) groups excluding carboxylic acids is 1. The summed E-state index contributed by atoms with van der Waals surface area (Å²) in [6, 6.07) is 5.84. The highest BCUT2D eigenvalue weighted by molar-refractivity contribution is 5.91. The maximum atomic E-state index is 13.7. The molecule has 0 saturated carbocycles. The van der Waals surface area contributed by atoms with E-state index in [1.807, 2.05) is 0 Å². The Morgan fingerprint density at radius 1 is 1.35 bits per heavy atom. The van der Waals surface area contributed by atoms with Crippen molar-refractivity contribution in [1.29, 1.82) is 0 Å². The van der Waals surface area contributed by atoms with Crippen molar-refractivity contribution in [1.82, 2.24) is 10.5 Å². The van der Waals surface area contributed by atoms with Gasteiger partial charge in [-0.05, 0) is 37.0 Å². The minimum absolute atomic E-state index is 0.154. The lowest BCUT2D eigenvalue weighted by atomic mass is 10.1. The third-order valence-electron chi connectivity index (χ3n) is 3.42. The Balaban J connectivity index is 2.04. The maximum Gasteiger partial charge on any atom is 0.290 e. The molecule has 0 fully saturated rings. The smallest absolute Gasteiger partial charge is 0.290 e. The molecule has 0 bridgehead atoms. The predicted molar refractivity (Wildman–Crippen MR) is 83.9 cm³/mol. The van der Waals surface area contributed by atoms with Gasteiger partial charge in [0.1, 0.15) is 0 Å². The summed E-state index contributed by atoms with van der Waals surface area (Å²) in [5.74, 6) is -0.0965. The monoisotopic (exact) mass is 320 g/mol. The third-order valence-corrected chi connectivity index (χ3v) is 3.42. The van der Waals surface area contributed by atoms with Crippen LogP contribution in [0.15, 0.2) is 28.8 Å². The Hall–Kier alpha value is -2.37. The van der Waals surface area contributed by atoms with E-state index in [1.54, 1.807) is 19.1 Å². The van der Waals surface area contributed by atoms with Gasteiger partial charge in [-0.25, -0.2) is 4.39 Å². The van der Waals surface area contributed by atoms with E-state index >= 15 is 0 Å². The molecule has 23 heavy (non-hydrogen) atoms. The van der Waals surface area contributed by atoms with Crippen molar-refractivity contribution >= 4 is 5.91 Å². The molecule has 2 rings (SSSR count). The van der Waals surface area contributed by atoms with Gasteiger partial charge < -0.3 is 14.6 Å². The molecule has 0 aliphatic carbocycles. The number of hydrogen-bond donors (Lipinski definition) is 1. The van der Waals surface area contributed by atoms with E-state index in [0.29, 0.717) is 11.5 Å². The number of aromatic nitrogens is 1. The molecule has 0 unspecified atom stereocenters. The number of amides is 1. The van der Waals surface area contributed by atoms with Crippen LogP contribution in [0.25, 0.3) is 0 Å². The number of rotatable bonds is 6. The summed E-state index contributed by atoms with van der Waals surface area (Å²) in [7, 11) is 1.40. The highest BCUT2D eigenvalue weighted by atomic mass is 19.1. The number of ether oxygens (including phenoxy) is 1. The second kappa shape index (κ2) is 7.26. The molecule has 1 amide bonds. The van der Waals surface area contributed by atoms with Crippen molar-refractivity contribution in [2.24, 2.45) is 5.92 Å². The zero-order valence-corrected chi connectivity index (χ0v) is 13.7. The molecule has 1 aromatic heterocycles. The molecule has 0 aliphatic heterocycles. The van der Waals surface area contributed by atoms with Crippen LogP contribution in [-0.2, 0) is 6.42 Å². The van der Waals surface area contributed by atoms with Crippen molar-refractivity contribution in [3.8, 4) is 5.75 Å². The molecule has 0 radical (unpaired) electrons. The van der Waals surface area contributed by atoms with Gasteiger partial charge in [-0.2, -0.15) is 0 Å². The molecular formula is C17H21FN2O3. The van der Waals surface area contributed by atoms with E-state index in [9.17, 15) is 9.18 Å². The molecule has 0 saturated heterocycles. The Morgan fingerprint density at radius 3 is 2.70 bits per heavy atom. The van der Waals surface area contributed by atoms with Crippen molar-refractivity contribution in [3.63, 3.8) is 0 Å². The van der Waals surface area contributed by atoms with Gasteiger partial charge in [0.05, 0.1) is 18.8 Å². The van der Waals surface area contributed by atoms with E-state index in [2.05, 4.69) is 24.3 Å². The molecule has 0 spiro atoms. The molecule has 6 heteroatoms. The molecule has 124 valence electrons. The van der Waals surface area contributed by atoms with Crippen molar-refractivity contribution in [2.75, 3.05) is 7.11 Å². The normalized spacial score (nSPS) is 12.3. The summed E-state index contributed by atoms with van der Waals surface area (Å²) in [6.45, 7) is 5.90. The van der Waals surface area contributed by atoms with Crippen LogP contribution in [0.3, 0.4) is 0 Å². The van der Waals surface area contributed by atoms with Gasteiger partial charge in [0.15, 0.2) is 11.6 Å². The maximum absolute atomic E-state index is 13.7. The van der Waals surface area contributed by atoms with Crippen molar-refractivity contribution in [2.45, 2.75) is 33.2 Å². The van der Waals surface area contributed by atoms with Gasteiger partial charge in [0, 0.05) is 6.07 Å². The van der Waals surface area contributed by atoms with Crippen molar-refractivity contribution < 1.29 is 18.4 Å². The number of halogens is 1. The summed E-state index contributed by atoms with van der Waals surface area (Å²) in [5, 5.41) is 6.65. The van der Waals surface area contributed by atoms with Gasteiger partial charge in [0.25, 0.3) is 5.91 Å². The average molecular weight is 320 g/mol. The number of methoxy groups -OCH3 is 1. The van der Waals surface area contributed by atoms with E-state index in [0.717, 1.165) is 12.1 Å². The summed E-state index contributed by atoms with van der Waals surface area (Å²) in [4.78, 5) is 12.2. The van der Waals surface area contributed by atoms with Gasteiger partial charge in [0.2, 0.25) is 5.76 Å². The van der Waals surface area contributed by atoms with Crippen LogP contribution in [0.1, 0.15) is 48.6 Å². The van der Waals surface area contributed by atoms with Crippen LogP contribution in [0.4, 0.5) is 4.39 Å². The highest BCUT2D eigenvalue weighted by Gasteiger charge is 2.17. The fourth-order valence-corrected chi connectivity index (χ4v) is 2.24. The molecule has 1 heterocycles. The second-order valence-corrected chi connectivity index (χ2v) is 5.87. The number of nitrogens with one attached hydrogen (secondary N) is 1. The highest BCUT2D eigenvalue weighted by Crippen LogP contribution is 2.22. The predicted octanol–water partition coefficient (Wildman–Crippen LogP) is 3.51. The topological polar surface area (TPSA) is 64.4 Å². The zero-order chi connectivity index (χ0) is 17.0. The number of benzene rings is 1. The lowest BCUT2D eigenvalue weighted by Crippen LogP contribution is -2.26. The molecular weight excluding hydrogens is 299 g/mol. The first-order valence-corrected chi connectivity index (χ1v) is 7.50. The van der Waals surface area contributed by atoms with Gasteiger partial charge in [-0.15, -0.1) is 0 Å². The minimum atomic E-state index is -0.468. The number of nitrogens with zero attached hydrogens (tertiary/aromatic N) is 1. The quantitative estimate of drug-likeness (QED) is 0.884. The fourth-order valence-electron chi connectivity index (χ4n) is 2.24. The average Bonchev–Trinajstić information content (AvgIpc) is 2.94. The standard InChI is InChI=1S/C17H21FN2O3/c1-10(2)7-13-9-16(23-20-13)17(21)19-11(3)12-5-6-15(22-4)14(18)8-12/h5-6,8-11H,7H2,1-4H3,(H,19,21)/t11-/m0/s1. The minimum Gasteiger partial charge on any atom is -0.494 e. The summed E-state index contributed by atoms with van der Waals surface area (Å²) in [6.07, 6.45) is 0.746. The molecule has 1 N–H and O–H groups in total. The van der Waals surface area contributed by atoms with Crippen LogP contribution in [0.5, 0.6) is 5.75 Å². The number of hydrogen-bond acceptors (Lipinski definition) is 4. The summed E-state index contributed by atoms with van der Waals surface area (Å²) < 4.78 is 23.7. The lowest BCUT2D eigenvalue weighted by Gasteiger charge is -2.14. The second-order valence-electron chi connectivity index (χ2n) is 5.87. The first-order valence-electron chi connectivity index (χ1n) is 7.50. The van der Waals surface area contributed by atoms with Crippen LogP contribution in [0, 0.1) is 11.7 Å². The van der Waals surface area contributed by atoms with Gasteiger partial charge in [-0.3, -0.25) is 4.79 Å². The third kappa shape index (κ3) is 4.31. The molecule has 2 aromatic rings. The van der Waals surface area contributed by atoms with E-state index in [-0.39, 0.29) is 23.5 Å². The van der Waals surface area contributed by atoms with Crippen LogP contribution < -0.4 is 10.1 Å². The van der Waals surface area contributed by atoms with E-state index < -0.39 is 5.82 Å². The Kier molecular flexibility index (Phi) is 5.36. The zero-order valence-electron chi connectivity index (χ0n) is 13.7. The van der Waals surface area contributed by atoms with Crippen molar-refractivity contribution in [3.05, 3.63) is 47.1 Å². The first-order chi connectivity index (χ1) is 10.9. The van der Waals surface area contributed by atoms with Crippen LogP contribution in [-0.4, -0.2) is 18.2 Å². The SMILES string of the molecule is COc1ccc([C@H](C)NC(=O)c2cc(CC(C)C)no2)cc1F. The summed E-state index contributed by atoms with van der Waals surface area (Å²) >= 11 is 0. The Morgan fingerprint density at radius 2 is 2.09 bits per heavy atom. The van der Waals surface area contributed by atoms with Crippen LogP contribution >= 0.6 is 0 Å². The first kappa shape index (κ1) is 17.0. The fraction of sp³-hybridized carbons (Fsp3) is 0.412. The molecule has 1 aromatic carbocycles. The van der Waals surface area contributed by atoms with Gasteiger partial charge in [-0.1, -0.05) is 25.1 Å². The molecule has 1 atom stereocenters. The molecule has 5 nitrogen and oxygen atoms in total. The molecule has 0 aliphatic rings. The Bertz CT molecular complexity index is 682. The van der Waals surface area contributed by atoms with E-state index in [4.69, 9.17) is 9.26 Å². The Labute approximate surface area is 134 Å². The lowest BCUT2D eigenvalue weighted by molar-refractivity contribution is 0.0902. The number of carbonyl (C=O) groups is 1.